The van der Waals surface area contributed by atoms with Crippen LogP contribution in [0.25, 0.3) is 0 Å². The lowest BCUT2D eigenvalue weighted by Crippen LogP contribution is -2.17. The van der Waals surface area contributed by atoms with Crippen LogP contribution in [-0.4, -0.2) is 11.7 Å². The maximum Gasteiger partial charge on any atom is 0.573 e. The van der Waals surface area contributed by atoms with Crippen molar-refractivity contribution in [2.24, 2.45) is 5.92 Å². The van der Waals surface area contributed by atoms with Gasteiger partial charge in [-0.15, -0.1) is 24.8 Å². The Balaban J connectivity index is 1.96. The molecule has 1 fully saturated rings. The Bertz CT molecular complexity index is 416. The zero-order valence-electron chi connectivity index (χ0n) is 11.1. The average Bonchev–Trinajstić information content (AvgIpc) is 2.56. The average molecular weight is 307 g/mol. The first-order chi connectivity index (χ1) is 9.44. The normalized spacial score (nSPS) is 24.2. The number of hydrogen-bond donors (Lipinski definition) is 0. The molecule has 0 bridgehead atoms. The second-order valence-electron chi connectivity index (χ2n) is 5.31. The van der Waals surface area contributed by atoms with Crippen molar-refractivity contribution in [3.8, 4) is 5.75 Å². The molecule has 0 spiro atoms. The molecule has 0 aliphatic heterocycles. The van der Waals surface area contributed by atoms with Crippen LogP contribution in [0.1, 0.15) is 37.7 Å². The van der Waals surface area contributed by atoms with Gasteiger partial charge in [0.15, 0.2) is 0 Å². The quantitative estimate of drug-likeness (QED) is 0.543. The molecular formula is C15H18ClF3O. The molecule has 0 heterocycles. The Labute approximate surface area is 122 Å². The van der Waals surface area contributed by atoms with Crippen molar-refractivity contribution in [1.82, 2.24) is 0 Å². The molecule has 0 saturated heterocycles. The first-order valence-electron chi connectivity index (χ1n) is 6.93. The molecule has 0 amide bonds. The molecule has 0 radical (unpaired) electrons. The van der Waals surface area contributed by atoms with E-state index in [0.717, 1.165) is 24.8 Å². The largest absolute Gasteiger partial charge is 0.573 e. The van der Waals surface area contributed by atoms with Crippen LogP contribution in [0.2, 0.25) is 0 Å². The maximum atomic E-state index is 12.1. The number of hydrogen-bond acceptors (Lipinski definition) is 1. The molecule has 1 aromatic carbocycles. The van der Waals surface area contributed by atoms with Crippen molar-refractivity contribution in [2.75, 3.05) is 0 Å². The van der Waals surface area contributed by atoms with Gasteiger partial charge in [0.1, 0.15) is 5.75 Å². The Morgan fingerprint density at radius 3 is 2.35 bits per heavy atom. The molecule has 0 N–H and O–H groups in total. The van der Waals surface area contributed by atoms with Gasteiger partial charge in [-0.05, 0) is 42.9 Å². The fourth-order valence-electron chi connectivity index (χ4n) is 2.70. The van der Waals surface area contributed by atoms with Crippen molar-refractivity contribution >= 4 is 11.6 Å². The molecule has 1 saturated carbocycles. The Morgan fingerprint density at radius 1 is 1.05 bits per heavy atom. The van der Waals surface area contributed by atoms with E-state index in [1.807, 2.05) is 0 Å². The van der Waals surface area contributed by atoms with Crippen LogP contribution in [0.15, 0.2) is 24.3 Å². The molecule has 2 rings (SSSR count). The van der Waals surface area contributed by atoms with Crippen LogP contribution in [0, 0.1) is 5.92 Å². The number of halogens is 4. The third-order valence-corrected chi connectivity index (χ3v) is 4.30. The van der Waals surface area contributed by atoms with E-state index in [-0.39, 0.29) is 11.1 Å². The fourth-order valence-corrected chi connectivity index (χ4v) is 3.07. The second kappa shape index (κ2) is 6.70. The maximum absolute atomic E-state index is 12.1. The van der Waals surface area contributed by atoms with Gasteiger partial charge in [-0.1, -0.05) is 31.4 Å². The van der Waals surface area contributed by atoms with Gasteiger partial charge in [0.05, 0.1) is 0 Å². The van der Waals surface area contributed by atoms with Crippen LogP contribution in [-0.2, 0) is 6.42 Å². The van der Waals surface area contributed by atoms with Gasteiger partial charge in [0.25, 0.3) is 0 Å². The van der Waals surface area contributed by atoms with Crippen molar-refractivity contribution in [1.29, 1.82) is 0 Å². The predicted molar refractivity (Wildman–Crippen MR) is 73.0 cm³/mol. The number of rotatable bonds is 3. The molecule has 112 valence electrons. The van der Waals surface area contributed by atoms with Gasteiger partial charge >= 0.3 is 6.36 Å². The van der Waals surface area contributed by atoms with Gasteiger partial charge in [-0.2, -0.15) is 0 Å². The lowest BCUT2D eigenvalue weighted by atomic mass is 9.92. The minimum atomic E-state index is -4.63. The van der Waals surface area contributed by atoms with E-state index in [1.165, 1.54) is 31.4 Å². The second-order valence-corrected chi connectivity index (χ2v) is 5.87. The van der Waals surface area contributed by atoms with Gasteiger partial charge in [0.2, 0.25) is 0 Å². The third-order valence-electron chi connectivity index (χ3n) is 3.72. The summed E-state index contributed by atoms with van der Waals surface area (Å²) in [7, 11) is 0. The Kier molecular flexibility index (Phi) is 5.19. The molecule has 2 atom stereocenters. The van der Waals surface area contributed by atoms with Crippen LogP contribution < -0.4 is 4.74 Å². The van der Waals surface area contributed by atoms with Crippen LogP contribution >= 0.6 is 11.6 Å². The van der Waals surface area contributed by atoms with E-state index in [9.17, 15) is 13.2 Å². The summed E-state index contributed by atoms with van der Waals surface area (Å²) in [4.78, 5) is 0. The monoisotopic (exact) mass is 306 g/mol. The number of ether oxygens (including phenoxy) is 1. The Morgan fingerprint density at radius 2 is 1.70 bits per heavy atom. The summed E-state index contributed by atoms with van der Waals surface area (Å²) in [6, 6.07) is 6.11. The summed E-state index contributed by atoms with van der Waals surface area (Å²) >= 11 is 6.38. The summed E-state index contributed by atoms with van der Waals surface area (Å²) in [5, 5.41) is 0.170. The first kappa shape index (κ1) is 15.5. The van der Waals surface area contributed by atoms with Crippen LogP contribution in [0.4, 0.5) is 13.2 Å². The summed E-state index contributed by atoms with van der Waals surface area (Å²) in [6.45, 7) is 0. The van der Waals surface area contributed by atoms with E-state index in [1.54, 1.807) is 12.1 Å². The Hall–Kier alpha value is -0.900. The molecule has 5 heteroatoms. The molecule has 1 aliphatic rings. The molecule has 1 nitrogen and oxygen atoms in total. The molecule has 1 aromatic rings. The van der Waals surface area contributed by atoms with E-state index in [0.29, 0.717) is 5.92 Å². The minimum Gasteiger partial charge on any atom is -0.406 e. The van der Waals surface area contributed by atoms with Crippen molar-refractivity contribution in [3.05, 3.63) is 29.8 Å². The topological polar surface area (TPSA) is 9.23 Å². The molecule has 20 heavy (non-hydrogen) atoms. The van der Waals surface area contributed by atoms with Crippen LogP contribution in [0.5, 0.6) is 5.75 Å². The van der Waals surface area contributed by atoms with Gasteiger partial charge in [0, 0.05) is 5.38 Å². The fraction of sp³-hybridized carbons (Fsp3) is 0.600. The summed E-state index contributed by atoms with van der Waals surface area (Å²) in [5.41, 5.74) is 1.01. The number of benzene rings is 1. The molecule has 2 unspecified atom stereocenters. The highest BCUT2D eigenvalue weighted by atomic mass is 35.5. The highest BCUT2D eigenvalue weighted by Crippen LogP contribution is 2.31. The lowest BCUT2D eigenvalue weighted by Gasteiger charge is -2.19. The molecule has 1 aliphatic carbocycles. The van der Waals surface area contributed by atoms with E-state index < -0.39 is 6.36 Å². The van der Waals surface area contributed by atoms with Crippen molar-refractivity contribution < 1.29 is 17.9 Å². The zero-order chi connectivity index (χ0) is 14.6. The lowest BCUT2D eigenvalue weighted by molar-refractivity contribution is -0.274. The van der Waals surface area contributed by atoms with Crippen molar-refractivity contribution in [3.63, 3.8) is 0 Å². The van der Waals surface area contributed by atoms with Gasteiger partial charge < -0.3 is 4.74 Å². The van der Waals surface area contributed by atoms with E-state index >= 15 is 0 Å². The third kappa shape index (κ3) is 4.89. The smallest absolute Gasteiger partial charge is 0.406 e. The minimum absolute atomic E-state index is 0.170. The van der Waals surface area contributed by atoms with Crippen LogP contribution in [0.3, 0.4) is 0 Å². The molecular weight excluding hydrogens is 289 g/mol. The number of alkyl halides is 4. The standard InChI is InChI=1S/C15H18ClF3O/c16-14-5-3-1-2-4-12(14)10-11-6-8-13(9-7-11)20-15(17,18)19/h6-9,12,14H,1-5,10H2. The first-order valence-corrected chi connectivity index (χ1v) is 7.36. The summed E-state index contributed by atoms with van der Waals surface area (Å²) < 4.78 is 40.1. The summed E-state index contributed by atoms with van der Waals surface area (Å²) in [5.74, 6) is 0.234. The zero-order valence-corrected chi connectivity index (χ0v) is 11.9. The summed E-state index contributed by atoms with van der Waals surface area (Å²) in [6.07, 6.45) is 1.88. The van der Waals surface area contributed by atoms with E-state index in [4.69, 9.17) is 11.6 Å². The van der Waals surface area contributed by atoms with E-state index in [2.05, 4.69) is 4.74 Å². The van der Waals surface area contributed by atoms with Crippen molar-refractivity contribution in [2.45, 2.75) is 50.3 Å². The predicted octanol–water partition coefficient (Wildman–Crippen LogP) is 5.32. The van der Waals surface area contributed by atoms with Gasteiger partial charge in [-0.3, -0.25) is 0 Å². The molecule has 0 aromatic heterocycles. The highest BCUT2D eigenvalue weighted by molar-refractivity contribution is 6.20. The SMILES string of the molecule is FC(F)(F)Oc1ccc(CC2CCCCCC2Cl)cc1. The highest BCUT2D eigenvalue weighted by Gasteiger charge is 2.31. The van der Waals surface area contributed by atoms with Gasteiger partial charge in [-0.25, -0.2) is 0 Å².